The average Bonchev–Trinajstić information content (AvgIpc) is 2.42. The van der Waals surface area contributed by atoms with Gasteiger partial charge >= 0.3 is 0 Å². The van der Waals surface area contributed by atoms with E-state index in [2.05, 4.69) is 31.7 Å². The number of hydrazine groups is 1. The second-order valence-corrected chi connectivity index (χ2v) is 5.07. The molecule has 0 aliphatic carbocycles. The first-order chi connectivity index (χ1) is 9.49. The van der Waals surface area contributed by atoms with Gasteiger partial charge in [-0.15, -0.1) is 0 Å². The molecule has 0 aliphatic rings. The van der Waals surface area contributed by atoms with Crippen molar-refractivity contribution in [3.05, 3.63) is 49.9 Å². The smallest absolute Gasteiger partial charge is 0.276 e. The molecule has 20 heavy (non-hydrogen) atoms. The summed E-state index contributed by atoms with van der Waals surface area (Å²) in [6.07, 6.45) is 0. The molecule has 0 radical (unpaired) electrons. The number of rotatable bonds is 4. The van der Waals surface area contributed by atoms with Gasteiger partial charge in [-0.1, -0.05) is 27.5 Å². The molecule has 4 N–H and O–H groups in total. The fourth-order valence-corrected chi connectivity index (χ4v) is 2.02. The van der Waals surface area contributed by atoms with Gasteiger partial charge in [-0.05, 0) is 18.2 Å². The molecular formula is C11H9BrClN5O2. The molecule has 0 atom stereocenters. The summed E-state index contributed by atoms with van der Waals surface area (Å²) < 4.78 is 0.812. The van der Waals surface area contributed by atoms with Crippen LogP contribution in [0.25, 0.3) is 0 Å². The van der Waals surface area contributed by atoms with E-state index in [0.717, 1.165) is 4.47 Å². The summed E-state index contributed by atoms with van der Waals surface area (Å²) in [6.45, 7) is 0. The molecule has 1 aromatic heterocycles. The number of pyridine rings is 1. The predicted octanol–water partition coefficient (Wildman–Crippen LogP) is 3.43. The first-order valence-corrected chi connectivity index (χ1v) is 6.52. The van der Waals surface area contributed by atoms with Crippen molar-refractivity contribution < 1.29 is 4.92 Å². The third kappa shape index (κ3) is 3.35. The Balaban J connectivity index is 2.39. The maximum Gasteiger partial charge on any atom is 0.276 e. The zero-order valence-electron chi connectivity index (χ0n) is 9.93. The summed E-state index contributed by atoms with van der Waals surface area (Å²) in [7, 11) is 0. The molecule has 2 rings (SSSR count). The second kappa shape index (κ2) is 6.04. The minimum Gasteiger partial charge on any atom is -0.339 e. The molecule has 2 aromatic rings. The van der Waals surface area contributed by atoms with Crippen molar-refractivity contribution in [2.75, 3.05) is 10.7 Å². The van der Waals surface area contributed by atoms with Crippen LogP contribution < -0.4 is 16.6 Å². The summed E-state index contributed by atoms with van der Waals surface area (Å²) in [5, 5.41) is 14.2. The van der Waals surface area contributed by atoms with Crippen molar-refractivity contribution >= 4 is 50.5 Å². The molecule has 0 saturated carbocycles. The fraction of sp³-hybridized carbons (Fsp3) is 0. The Morgan fingerprint density at radius 2 is 2.00 bits per heavy atom. The quantitative estimate of drug-likeness (QED) is 0.439. The summed E-state index contributed by atoms with van der Waals surface area (Å²) in [4.78, 5) is 14.4. The van der Waals surface area contributed by atoms with Crippen LogP contribution in [0.1, 0.15) is 0 Å². The van der Waals surface area contributed by atoms with Gasteiger partial charge in [0.1, 0.15) is 11.6 Å². The number of hydrogen-bond acceptors (Lipinski definition) is 6. The molecule has 0 unspecified atom stereocenters. The lowest BCUT2D eigenvalue weighted by molar-refractivity contribution is -0.384. The molecule has 0 bridgehead atoms. The minimum atomic E-state index is -0.532. The largest absolute Gasteiger partial charge is 0.339 e. The van der Waals surface area contributed by atoms with E-state index in [1.54, 1.807) is 18.2 Å². The van der Waals surface area contributed by atoms with Crippen LogP contribution in [0.3, 0.4) is 0 Å². The Bertz CT molecular complexity index is 667. The third-order valence-corrected chi connectivity index (χ3v) is 3.18. The lowest BCUT2D eigenvalue weighted by Gasteiger charge is -2.09. The van der Waals surface area contributed by atoms with Gasteiger partial charge in [0.05, 0.1) is 27.8 Å². The third-order valence-electron chi connectivity index (χ3n) is 2.36. The Morgan fingerprint density at radius 3 is 2.65 bits per heavy atom. The van der Waals surface area contributed by atoms with Gasteiger partial charge in [-0.3, -0.25) is 10.1 Å². The monoisotopic (exact) mass is 357 g/mol. The molecule has 104 valence electrons. The molecule has 0 saturated heterocycles. The molecular weight excluding hydrogens is 350 g/mol. The number of nitrogens with zero attached hydrogens (tertiary/aromatic N) is 2. The van der Waals surface area contributed by atoms with Gasteiger partial charge in [0.15, 0.2) is 0 Å². The van der Waals surface area contributed by atoms with Crippen LogP contribution in [-0.4, -0.2) is 9.91 Å². The SMILES string of the molecule is NNc1cc([N+](=O)[O-])cc(Nc2cc(Br)ccc2Cl)n1. The van der Waals surface area contributed by atoms with E-state index in [9.17, 15) is 10.1 Å². The van der Waals surface area contributed by atoms with Crippen LogP contribution in [0.2, 0.25) is 5.02 Å². The number of nitro groups is 1. The van der Waals surface area contributed by atoms with Crippen molar-refractivity contribution in [1.29, 1.82) is 0 Å². The molecule has 0 amide bonds. The zero-order valence-corrected chi connectivity index (χ0v) is 12.3. The Kier molecular flexibility index (Phi) is 4.38. The van der Waals surface area contributed by atoms with Gasteiger partial charge in [0.2, 0.25) is 0 Å². The van der Waals surface area contributed by atoms with Crippen molar-refractivity contribution in [2.45, 2.75) is 0 Å². The van der Waals surface area contributed by atoms with E-state index < -0.39 is 4.92 Å². The zero-order chi connectivity index (χ0) is 14.7. The minimum absolute atomic E-state index is 0.137. The van der Waals surface area contributed by atoms with Gasteiger partial charge in [-0.2, -0.15) is 0 Å². The van der Waals surface area contributed by atoms with Crippen LogP contribution >= 0.6 is 27.5 Å². The normalized spacial score (nSPS) is 10.2. The van der Waals surface area contributed by atoms with Crippen molar-refractivity contribution in [3.63, 3.8) is 0 Å². The first-order valence-electron chi connectivity index (χ1n) is 5.35. The predicted molar refractivity (Wildman–Crippen MR) is 81.1 cm³/mol. The van der Waals surface area contributed by atoms with Crippen LogP contribution in [0.15, 0.2) is 34.8 Å². The standard InChI is InChI=1S/C11H9BrClN5O2/c12-6-1-2-8(13)9(3-6)15-10-4-7(18(19)20)5-11(16-10)17-14/h1-5H,14H2,(H2,15,16,17). The van der Waals surface area contributed by atoms with Crippen LogP contribution in [0.5, 0.6) is 0 Å². The molecule has 0 fully saturated rings. The number of anilines is 3. The van der Waals surface area contributed by atoms with E-state index in [-0.39, 0.29) is 17.3 Å². The lowest BCUT2D eigenvalue weighted by Crippen LogP contribution is -2.10. The molecule has 7 nitrogen and oxygen atoms in total. The summed E-state index contributed by atoms with van der Waals surface area (Å²) >= 11 is 9.35. The number of nitrogens with two attached hydrogens (primary N) is 1. The fourth-order valence-electron chi connectivity index (χ4n) is 1.49. The molecule has 0 aliphatic heterocycles. The number of benzene rings is 1. The van der Waals surface area contributed by atoms with Crippen molar-refractivity contribution in [2.24, 2.45) is 5.84 Å². The van der Waals surface area contributed by atoms with E-state index in [0.29, 0.717) is 10.7 Å². The Labute approximate surface area is 127 Å². The molecule has 9 heteroatoms. The number of aromatic nitrogens is 1. The number of nitrogens with one attached hydrogen (secondary N) is 2. The Hall–Kier alpha value is -1.90. The van der Waals surface area contributed by atoms with Crippen molar-refractivity contribution in [1.82, 2.24) is 4.98 Å². The van der Waals surface area contributed by atoms with E-state index in [1.165, 1.54) is 12.1 Å². The number of halogens is 2. The average molecular weight is 359 g/mol. The van der Waals surface area contributed by atoms with Gasteiger partial charge in [0.25, 0.3) is 5.69 Å². The van der Waals surface area contributed by atoms with Gasteiger partial charge < -0.3 is 10.7 Å². The first kappa shape index (κ1) is 14.5. The maximum absolute atomic E-state index is 10.8. The molecule has 1 aromatic carbocycles. The van der Waals surface area contributed by atoms with E-state index >= 15 is 0 Å². The highest BCUT2D eigenvalue weighted by atomic mass is 79.9. The maximum atomic E-state index is 10.8. The second-order valence-electron chi connectivity index (χ2n) is 3.75. The molecule has 1 heterocycles. The Morgan fingerprint density at radius 1 is 1.30 bits per heavy atom. The van der Waals surface area contributed by atoms with Gasteiger partial charge in [0, 0.05) is 4.47 Å². The number of nitrogen functional groups attached to an aromatic ring is 1. The van der Waals surface area contributed by atoms with E-state index in [4.69, 9.17) is 17.4 Å². The summed E-state index contributed by atoms with van der Waals surface area (Å²) in [5.74, 6) is 5.67. The number of hydrogen-bond donors (Lipinski definition) is 3. The van der Waals surface area contributed by atoms with Crippen LogP contribution in [-0.2, 0) is 0 Å². The van der Waals surface area contributed by atoms with Crippen LogP contribution in [0, 0.1) is 10.1 Å². The van der Waals surface area contributed by atoms with Gasteiger partial charge in [-0.25, -0.2) is 10.8 Å². The highest BCUT2D eigenvalue weighted by molar-refractivity contribution is 9.10. The lowest BCUT2D eigenvalue weighted by atomic mass is 10.3. The van der Waals surface area contributed by atoms with Crippen molar-refractivity contribution in [3.8, 4) is 0 Å². The summed E-state index contributed by atoms with van der Waals surface area (Å²) in [5.41, 5.74) is 2.71. The molecule has 0 spiro atoms. The summed E-state index contributed by atoms with van der Waals surface area (Å²) in [6, 6.07) is 7.72. The topological polar surface area (TPSA) is 106 Å². The highest BCUT2D eigenvalue weighted by Gasteiger charge is 2.12. The highest BCUT2D eigenvalue weighted by Crippen LogP contribution is 2.29. The van der Waals surface area contributed by atoms with Crippen LogP contribution in [0.4, 0.5) is 23.0 Å². The van der Waals surface area contributed by atoms with E-state index in [1.807, 2.05) is 0 Å².